The minimum absolute atomic E-state index is 0.171. The third kappa shape index (κ3) is 2.91. The van der Waals surface area contributed by atoms with Crippen LogP contribution in [0.4, 0.5) is 0 Å². The maximum Gasteiger partial charge on any atom is 0.192 e. The van der Waals surface area contributed by atoms with Crippen molar-refractivity contribution >= 4 is 8.32 Å². The molecule has 0 aliphatic carbocycles. The van der Waals surface area contributed by atoms with Crippen LogP contribution >= 0.6 is 0 Å². The molecular formula is C17H33NO3Si. The molecule has 0 N–H and O–H groups in total. The molecule has 3 fully saturated rings. The maximum atomic E-state index is 6.80. The second-order valence-corrected chi connectivity index (χ2v) is 13.9. The molecule has 0 aromatic heterocycles. The van der Waals surface area contributed by atoms with Crippen molar-refractivity contribution in [1.29, 1.82) is 0 Å². The van der Waals surface area contributed by atoms with Gasteiger partial charge in [-0.3, -0.25) is 4.90 Å². The summed E-state index contributed by atoms with van der Waals surface area (Å²) < 4.78 is 19.1. The normalized spacial score (nSPS) is 38.9. The molecule has 5 heteroatoms. The largest absolute Gasteiger partial charge is 0.412 e. The maximum absolute atomic E-state index is 6.80. The van der Waals surface area contributed by atoms with E-state index in [0.717, 1.165) is 19.5 Å². The number of rotatable bonds is 2. The van der Waals surface area contributed by atoms with E-state index in [2.05, 4.69) is 38.8 Å². The SMILES string of the molecule is CC1(C)O[C@H]2[C@@H]3[C@H](O[Si](C)(C)C(C)(C)C)CCCN3C[C@H]2O1. The lowest BCUT2D eigenvalue weighted by atomic mass is 9.97. The van der Waals surface area contributed by atoms with Gasteiger partial charge in [0, 0.05) is 6.54 Å². The first-order valence-corrected chi connectivity index (χ1v) is 11.7. The summed E-state index contributed by atoms with van der Waals surface area (Å²) in [6.45, 7) is 17.9. The van der Waals surface area contributed by atoms with Crippen LogP contribution in [0.25, 0.3) is 0 Å². The molecule has 0 spiro atoms. The molecule has 0 radical (unpaired) electrons. The summed E-state index contributed by atoms with van der Waals surface area (Å²) in [7, 11) is -1.75. The van der Waals surface area contributed by atoms with E-state index in [1.165, 1.54) is 6.42 Å². The number of hydrogen-bond donors (Lipinski definition) is 0. The molecule has 3 aliphatic heterocycles. The summed E-state index contributed by atoms with van der Waals surface area (Å²) in [4.78, 5) is 2.55. The third-order valence-electron chi connectivity index (χ3n) is 5.96. The van der Waals surface area contributed by atoms with Crippen LogP contribution in [-0.2, 0) is 13.9 Å². The zero-order valence-electron chi connectivity index (χ0n) is 15.3. The number of nitrogens with zero attached hydrogens (tertiary/aromatic N) is 1. The Labute approximate surface area is 136 Å². The van der Waals surface area contributed by atoms with Gasteiger partial charge in [-0.25, -0.2) is 0 Å². The molecule has 0 saturated carbocycles. The minimum Gasteiger partial charge on any atom is -0.412 e. The van der Waals surface area contributed by atoms with Crippen LogP contribution < -0.4 is 0 Å². The summed E-state index contributed by atoms with van der Waals surface area (Å²) in [5.41, 5.74) is 0. The van der Waals surface area contributed by atoms with Gasteiger partial charge >= 0.3 is 0 Å². The standard InChI is InChI=1S/C17H33NO3Si/c1-16(2,3)22(6,7)21-12-9-8-10-18-11-13-15(14(12)18)20-17(4,5)19-13/h12-15H,8-11H2,1-7H3/t12-,13-,14+,15-/m1/s1. The number of ether oxygens (including phenoxy) is 2. The fourth-order valence-corrected chi connectivity index (χ4v) is 5.26. The second kappa shape index (κ2) is 5.28. The minimum atomic E-state index is -1.75. The average Bonchev–Trinajstić information content (AvgIpc) is 2.78. The van der Waals surface area contributed by atoms with Gasteiger partial charge in [-0.05, 0) is 51.4 Å². The highest BCUT2D eigenvalue weighted by atomic mass is 28.4. The predicted octanol–water partition coefficient (Wildman–Crippen LogP) is 3.37. The Hall–Kier alpha value is 0.0569. The van der Waals surface area contributed by atoms with Crippen LogP contribution in [0.3, 0.4) is 0 Å². The lowest BCUT2D eigenvalue weighted by Gasteiger charge is -2.45. The fourth-order valence-electron chi connectivity index (χ4n) is 3.89. The van der Waals surface area contributed by atoms with Crippen molar-refractivity contribution < 1.29 is 13.9 Å². The van der Waals surface area contributed by atoms with E-state index in [1.807, 2.05) is 13.8 Å². The van der Waals surface area contributed by atoms with Gasteiger partial charge in [-0.15, -0.1) is 0 Å². The smallest absolute Gasteiger partial charge is 0.192 e. The molecular weight excluding hydrogens is 294 g/mol. The summed E-state index contributed by atoms with van der Waals surface area (Å²) in [6, 6.07) is 0.370. The van der Waals surface area contributed by atoms with Gasteiger partial charge in [0.2, 0.25) is 0 Å². The van der Waals surface area contributed by atoms with Crippen molar-refractivity contribution in [2.45, 2.75) is 95.7 Å². The molecule has 0 unspecified atom stereocenters. The van der Waals surface area contributed by atoms with Crippen molar-refractivity contribution in [3.05, 3.63) is 0 Å². The van der Waals surface area contributed by atoms with Gasteiger partial charge < -0.3 is 13.9 Å². The molecule has 128 valence electrons. The van der Waals surface area contributed by atoms with Crippen molar-refractivity contribution in [3.8, 4) is 0 Å². The molecule has 3 saturated heterocycles. The molecule has 4 nitrogen and oxygen atoms in total. The van der Waals surface area contributed by atoms with E-state index in [4.69, 9.17) is 13.9 Å². The molecule has 22 heavy (non-hydrogen) atoms. The third-order valence-corrected chi connectivity index (χ3v) is 10.5. The first kappa shape index (κ1) is 16.9. The Morgan fingerprint density at radius 1 is 1.18 bits per heavy atom. The van der Waals surface area contributed by atoms with Gasteiger partial charge in [-0.2, -0.15) is 0 Å². The number of fused-ring (bicyclic) bond motifs is 3. The van der Waals surface area contributed by atoms with E-state index in [9.17, 15) is 0 Å². The van der Waals surface area contributed by atoms with E-state index < -0.39 is 14.1 Å². The lowest BCUT2D eigenvalue weighted by Crippen LogP contribution is -2.55. The van der Waals surface area contributed by atoms with Gasteiger partial charge in [0.15, 0.2) is 14.1 Å². The van der Waals surface area contributed by atoms with Crippen molar-refractivity contribution in [2.75, 3.05) is 13.1 Å². The van der Waals surface area contributed by atoms with E-state index in [-0.39, 0.29) is 17.2 Å². The Balaban J connectivity index is 1.78. The molecule has 3 heterocycles. The molecule has 4 atom stereocenters. The van der Waals surface area contributed by atoms with E-state index in [0.29, 0.717) is 12.1 Å². The quantitative estimate of drug-likeness (QED) is 0.728. The zero-order valence-corrected chi connectivity index (χ0v) is 16.3. The summed E-state index contributed by atoms with van der Waals surface area (Å²) >= 11 is 0. The van der Waals surface area contributed by atoms with Crippen LogP contribution in [-0.4, -0.2) is 56.4 Å². The number of piperidine rings is 1. The molecule has 0 bridgehead atoms. The Morgan fingerprint density at radius 2 is 1.86 bits per heavy atom. The van der Waals surface area contributed by atoms with Crippen LogP contribution in [0.2, 0.25) is 18.1 Å². The Bertz CT molecular complexity index is 432. The first-order chi connectivity index (χ1) is 10.0. The molecule has 0 amide bonds. The van der Waals surface area contributed by atoms with Gasteiger partial charge in [-0.1, -0.05) is 20.8 Å². The summed E-state index contributed by atoms with van der Waals surface area (Å²) in [6.07, 6.45) is 3.05. The second-order valence-electron chi connectivity index (χ2n) is 9.18. The van der Waals surface area contributed by atoms with Crippen LogP contribution in [0.15, 0.2) is 0 Å². The van der Waals surface area contributed by atoms with E-state index >= 15 is 0 Å². The van der Waals surface area contributed by atoms with Crippen LogP contribution in [0.5, 0.6) is 0 Å². The fraction of sp³-hybridized carbons (Fsp3) is 1.00. The van der Waals surface area contributed by atoms with Crippen molar-refractivity contribution in [1.82, 2.24) is 4.90 Å². The highest BCUT2D eigenvalue weighted by Gasteiger charge is 2.56. The topological polar surface area (TPSA) is 30.9 Å². The van der Waals surface area contributed by atoms with E-state index in [1.54, 1.807) is 0 Å². The van der Waals surface area contributed by atoms with Gasteiger partial charge in [0.25, 0.3) is 0 Å². The van der Waals surface area contributed by atoms with Crippen molar-refractivity contribution in [3.63, 3.8) is 0 Å². The Morgan fingerprint density at radius 3 is 2.50 bits per heavy atom. The summed E-state index contributed by atoms with van der Waals surface area (Å²) in [5.74, 6) is -0.444. The Kier molecular flexibility index (Phi) is 4.06. The predicted molar refractivity (Wildman–Crippen MR) is 90.5 cm³/mol. The molecule has 3 rings (SSSR count). The number of hydrogen-bond acceptors (Lipinski definition) is 4. The van der Waals surface area contributed by atoms with Gasteiger partial charge in [0.05, 0.1) is 12.1 Å². The van der Waals surface area contributed by atoms with Crippen molar-refractivity contribution in [2.24, 2.45) is 0 Å². The molecule has 0 aromatic rings. The zero-order chi connectivity index (χ0) is 16.3. The highest BCUT2D eigenvalue weighted by Crippen LogP contribution is 2.44. The molecule has 3 aliphatic rings. The van der Waals surface area contributed by atoms with Crippen LogP contribution in [0.1, 0.15) is 47.5 Å². The van der Waals surface area contributed by atoms with Crippen LogP contribution in [0, 0.1) is 0 Å². The lowest BCUT2D eigenvalue weighted by molar-refractivity contribution is -0.169. The highest BCUT2D eigenvalue weighted by molar-refractivity contribution is 6.74. The monoisotopic (exact) mass is 327 g/mol. The molecule has 0 aromatic carbocycles. The first-order valence-electron chi connectivity index (χ1n) is 8.78. The average molecular weight is 328 g/mol. The van der Waals surface area contributed by atoms with Gasteiger partial charge in [0.1, 0.15) is 12.2 Å². The summed E-state index contributed by atoms with van der Waals surface area (Å²) in [5, 5.41) is 0.250.